The average molecular weight is 244 g/mol. The summed E-state index contributed by atoms with van der Waals surface area (Å²) in [5.41, 5.74) is 5.00. The fraction of sp³-hybridized carbons (Fsp3) is 0.562. The lowest BCUT2D eigenvalue weighted by Gasteiger charge is -2.29. The number of rotatable bonds is 4. The monoisotopic (exact) mass is 244 g/mol. The van der Waals surface area contributed by atoms with Crippen LogP contribution in [0, 0.1) is 32.1 Å². The van der Waals surface area contributed by atoms with Gasteiger partial charge in [-0.2, -0.15) is 5.26 Å². The first kappa shape index (κ1) is 14.7. The van der Waals surface area contributed by atoms with Crippen LogP contribution in [0.2, 0.25) is 0 Å². The van der Waals surface area contributed by atoms with Gasteiger partial charge in [0.15, 0.2) is 0 Å². The van der Waals surface area contributed by atoms with Crippen molar-refractivity contribution in [2.45, 2.75) is 46.1 Å². The van der Waals surface area contributed by atoms with Crippen LogP contribution >= 0.6 is 0 Å². The second-order valence-corrected chi connectivity index (χ2v) is 5.66. The van der Waals surface area contributed by atoms with Crippen LogP contribution < -0.4 is 0 Å². The number of nitrogens with zero attached hydrogens (tertiary/aromatic N) is 2. The number of hydrogen-bond acceptors (Lipinski definition) is 2. The molecule has 0 saturated heterocycles. The van der Waals surface area contributed by atoms with Crippen molar-refractivity contribution in [1.29, 1.82) is 5.26 Å². The minimum atomic E-state index is -0.385. The molecule has 0 bridgehead atoms. The number of nitriles is 1. The van der Waals surface area contributed by atoms with Gasteiger partial charge in [-0.1, -0.05) is 17.7 Å². The predicted molar refractivity (Wildman–Crippen MR) is 76.7 cm³/mol. The van der Waals surface area contributed by atoms with E-state index in [0.29, 0.717) is 0 Å². The first-order valence-electron chi connectivity index (χ1n) is 6.45. The molecule has 0 amide bonds. The highest BCUT2D eigenvalue weighted by Gasteiger charge is 2.26. The Morgan fingerprint density at radius 1 is 1.17 bits per heavy atom. The summed E-state index contributed by atoms with van der Waals surface area (Å²) in [5, 5.41) is 9.32. The van der Waals surface area contributed by atoms with Crippen molar-refractivity contribution in [3.05, 3.63) is 34.4 Å². The van der Waals surface area contributed by atoms with Gasteiger partial charge < -0.3 is 0 Å². The number of benzene rings is 1. The summed E-state index contributed by atoms with van der Waals surface area (Å²) in [7, 11) is 3.94. The Hall–Kier alpha value is -1.33. The molecule has 1 unspecified atom stereocenters. The van der Waals surface area contributed by atoms with E-state index in [-0.39, 0.29) is 5.54 Å². The maximum Gasteiger partial charge on any atom is 0.106 e. The zero-order valence-corrected chi connectivity index (χ0v) is 12.5. The maximum atomic E-state index is 9.32. The summed E-state index contributed by atoms with van der Waals surface area (Å²) < 4.78 is 0. The third-order valence-electron chi connectivity index (χ3n) is 3.93. The van der Waals surface area contributed by atoms with Crippen LogP contribution in [-0.2, 0) is 6.42 Å². The van der Waals surface area contributed by atoms with Gasteiger partial charge in [0.05, 0.1) is 6.07 Å². The van der Waals surface area contributed by atoms with Crippen molar-refractivity contribution in [2.75, 3.05) is 14.1 Å². The van der Waals surface area contributed by atoms with Gasteiger partial charge in [0.25, 0.3) is 0 Å². The number of hydrogen-bond donors (Lipinski definition) is 0. The van der Waals surface area contributed by atoms with E-state index in [4.69, 9.17) is 0 Å². The normalized spacial score (nSPS) is 14.3. The molecular formula is C16H24N2. The molecule has 2 nitrogen and oxygen atoms in total. The second kappa shape index (κ2) is 5.54. The van der Waals surface area contributed by atoms with Crippen molar-refractivity contribution < 1.29 is 0 Å². The van der Waals surface area contributed by atoms with Crippen LogP contribution in [-0.4, -0.2) is 24.5 Å². The number of aryl methyl sites for hydroxylation is 3. The molecule has 18 heavy (non-hydrogen) atoms. The molecule has 1 atom stereocenters. The molecule has 1 aromatic rings. The highest BCUT2D eigenvalue weighted by atomic mass is 15.1. The highest BCUT2D eigenvalue weighted by Crippen LogP contribution is 2.23. The Kier molecular flexibility index (Phi) is 4.53. The van der Waals surface area contributed by atoms with Gasteiger partial charge >= 0.3 is 0 Å². The molecule has 0 aliphatic rings. The average Bonchev–Trinajstić information content (AvgIpc) is 2.26. The lowest BCUT2D eigenvalue weighted by atomic mass is 9.89. The molecule has 0 heterocycles. The molecular weight excluding hydrogens is 220 g/mol. The first-order valence-corrected chi connectivity index (χ1v) is 6.45. The Labute approximate surface area is 111 Å². The van der Waals surface area contributed by atoms with Gasteiger partial charge in [-0.15, -0.1) is 0 Å². The third kappa shape index (κ3) is 3.11. The van der Waals surface area contributed by atoms with E-state index in [2.05, 4.69) is 39.0 Å². The van der Waals surface area contributed by atoms with E-state index in [1.54, 1.807) is 0 Å². The van der Waals surface area contributed by atoms with Gasteiger partial charge in [0.2, 0.25) is 0 Å². The van der Waals surface area contributed by atoms with Gasteiger partial charge in [0.1, 0.15) is 5.54 Å². The molecule has 1 rings (SSSR count). The van der Waals surface area contributed by atoms with Crippen LogP contribution in [0.1, 0.15) is 35.6 Å². The second-order valence-electron chi connectivity index (χ2n) is 5.66. The van der Waals surface area contributed by atoms with E-state index in [0.717, 1.165) is 12.8 Å². The molecule has 0 fully saturated rings. The Bertz CT molecular complexity index is 445. The van der Waals surface area contributed by atoms with E-state index >= 15 is 0 Å². The minimum absolute atomic E-state index is 0.385. The van der Waals surface area contributed by atoms with E-state index < -0.39 is 0 Å². The van der Waals surface area contributed by atoms with Crippen molar-refractivity contribution in [3.63, 3.8) is 0 Å². The van der Waals surface area contributed by atoms with E-state index in [1.807, 2.05) is 25.9 Å². The van der Waals surface area contributed by atoms with E-state index in [1.165, 1.54) is 22.3 Å². The zero-order chi connectivity index (χ0) is 13.9. The molecule has 0 aliphatic carbocycles. The fourth-order valence-corrected chi connectivity index (χ4v) is 2.35. The molecule has 0 N–H and O–H groups in total. The van der Waals surface area contributed by atoms with Crippen LogP contribution in [0.25, 0.3) is 0 Å². The van der Waals surface area contributed by atoms with Crippen molar-refractivity contribution in [1.82, 2.24) is 4.90 Å². The van der Waals surface area contributed by atoms with Gasteiger partial charge in [-0.25, -0.2) is 0 Å². The topological polar surface area (TPSA) is 27.0 Å². The standard InChI is InChI=1S/C16H24N2/c1-12-9-13(2)15(14(3)10-12)7-8-16(4,11-17)18(5)6/h9-10H,7-8H2,1-6H3. The summed E-state index contributed by atoms with van der Waals surface area (Å²) in [6, 6.07) is 6.87. The van der Waals surface area contributed by atoms with Crippen molar-refractivity contribution >= 4 is 0 Å². The minimum Gasteiger partial charge on any atom is -0.292 e. The summed E-state index contributed by atoms with van der Waals surface area (Å²) >= 11 is 0. The molecule has 0 saturated carbocycles. The van der Waals surface area contributed by atoms with Gasteiger partial charge in [-0.3, -0.25) is 4.90 Å². The Balaban J connectivity index is 2.91. The summed E-state index contributed by atoms with van der Waals surface area (Å²) in [6.07, 6.45) is 1.82. The maximum absolute atomic E-state index is 9.32. The van der Waals surface area contributed by atoms with Crippen LogP contribution in [0.4, 0.5) is 0 Å². The van der Waals surface area contributed by atoms with Crippen LogP contribution in [0.15, 0.2) is 12.1 Å². The first-order chi connectivity index (χ1) is 8.30. The summed E-state index contributed by atoms with van der Waals surface area (Å²) in [5.74, 6) is 0. The molecule has 1 aromatic carbocycles. The molecule has 0 spiro atoms. The van der Waals surface area contributed by atoms with Crippen LogP contribution in [0.5, 0.6) is 0 Å². The zero-order valence-electron chi connectivity index (χ0n) is 12.5. The van der Waals surface area contributed by atoms with Crippen LogP contribution in [0.3, 0.4) is 0 Å². The quantitative estimate of drug-likeness (QED) is 0.811. The van der Waals surface area contributed by atoms with E-state index in [9.17, 15) is 5.26 Å². The lowest BCUT2D eigenvalue weighted by Crippen LogP contribution is -2.40. The van der Waals surface area contributed by atoms with Crippen molar-refractivity contribution in [3.8, 4) is 6.07 Å². The third-order valence-corrected chi connectivity index (χ3v) is 3.93. The predicted octanol–water partition coefficient (Wildman–Crippen LogP) is 3.39. The lowest BCUT2D eigenvalue weighted by molar-refractivity contribution is 0.224. The Morgan fingerprint density at radius 2 is 1.67 bits per heavy atom. The highest BCUT2D eigenvalue weighted by molar-refractivity contribution is 5.37. The molecule has 0 radical (unpaired) electrons. The smallest absolute Gasteiger partial charge is 0.106 e. The SMILES string of the molecule is Cc1cc(C)c(CCC(C)(C#N)N(C)C)c(C)c1. The molecule has 2 heteroatoms. The van der Waals surface area contributed by atoms with Crippen molar-refractivity contribution in [2.24, 2.45) is 0 Å². The summed E-state index contributed by atoms with van der Waals surface area (Å²) in [6.45, 7) is 8.46. The van der Waals surface area contributed by atoms with Gasteiger partial charge in [0, 0.05) is 0 Å². The fourth-order valence-electron chi connectivity index (χ4n) is 2.35. The molecule has 98 valence electrons. The largest absolute Gasteiger partial charge is 0.292 e. The summed E-state index contributed by atoms with van der Waals surface area (Å²) in [4.78, 5) is 2.01. The van der Waals surface area contributed by atoms with Gasteiger partial charge in [-0.05, 0) is 71.3 Å². The Morgan fingerprint density at radius 3 is 2.06 bits per heavy atom. The molecule has 0 aromatic heterocycles. The molecule has 0 aliphatic heterocycles.